The second kappa shape index (κ2) is 3.60. The number of ether oxygens (including phenoxy) is 1. The number of nitrogens with two attached hydrogens (primary N) is 1. The summed E-state index contributed by atoms with van der Waals surface area (Å²) >= 11 is 0. The van der Waals surface area contributed by atoms with Gasteiger partial charge in [0.05, 0.1) is 6.04 Å². The van der Waals surface area contributed by atoms with Crippen LogP contribution in [-0.4, -0.2) is 18.7 Å². The predicted octanol–water partition coefficient (Wildman–Crippen LogP) is 1.14. The van der Waals surface area contributed by atoms with Gasteiger partial charge in [-0.1, -0.05) is 20.3 Å². The Kier molecular flexibility index (Phi) is 2.74. The predicted molar refractivity (Wildman–Crippen MR) is 45.4 cm³/mol. The van der Waals surface area contributed by atoms with Gasteiger partial charge in [0.25, 0.3) is 6.02 Å². The molecule has 2 N–H and O–H groups in total. The molecule has 0 fully saturated rings. The van der Waals surface area contributed by atoms with Crippen molar-refractivity contribution in [3.05, 3.63) is 0 Å². The standard InChI is InChI=1S/C8H16N2O/c1-3-4-6(2)7-5-11-8(9)10-7/h6-7H,3-5H2,1-2H3,(H2,9,10). The van der Waals surface area contributed by atoms with Crippen LogP contribution in [0.1, 0.15) is 26.7 Å². The van der Waals surface area contributed by atoms with Crippen LogP contribution in [0, 0.1) is 5.92 Å². The highest BCUT2D eigenvalue weighted by molar-refractivity contribution is 5.73. The molecule has 0 saturated carbocycles. The number of rotatable bonds is 3. The van der Waals surface area contributed by atoms with E-state index in [9.17, 15) is 0 Å². The monoisotopic (exact) mass is 156 g/mol. The van der Waals surface area contributed by atoms with Crippen molar-refractivity contribution in [3.63, 3.8) is 0 Å². The molecule has 2 unspecified atom stereocenters. The van der Waals surface area contributed by atoms with E-state index in [4.69, 9.17) is 10.5 Å². The molecule has 3 heteroatoms. The van der Waals surface area contributed by atoms with Gasteiger partial charge in [0.15, 0.2) is 0 Å². The number of aliphatic imine (C=N–C) groups is 1. The Morgan fingerprint density at radius 1 is 1.82 bits per heavy atom. The summed E-state index contributed by atoms with van der Waals surface area (Å²) in [5, 5.41) is 0. The van der Waals surface area contributed by atoms with Crippen LogP contribution in [0.4, 0.5) is 0 Å². The molecule has 0 aliphatic carbocycles. The minimum absolute atomic E-state index is 0.301. The fourth-order valence-corrected chi connectivity index (χ4v) is 1.35. The maximum absolute atomic E-state index is 5.39. The highest BCUT2D eigenvalue weighted by Gasteiger charge is 2.21. The first-order chi connectivity index (χ1) is 5.24. The molecule has 0 bridgehead atoms. The highest BCUT2D eigenvalue weighted by Crippen LogP contribution is 2.17. The minimum atomic E-state index is 0.301. The van der Waals surface area contributed by atoms with Gasteiger partial charge >= 0.3 is 0 Å². The molecular formula is C8H16N2O. The Morgan fingerprint density at radius 2 is 2.55 bits per heavy atom. The Morgan fingerprint density at radius 3 is 3.00 bits per heavy atom. The fraction of sp³-hybridized carbons (Fsp3) is 0.875. The SMILES string of the molecule is CCCC(C)C1COC(N)=N1. The topological polar surface area (TPSA) is 47.6 Å². The molecule has 1 aliphatic heterocycles. The number of hydrogen-bond acceptors (Lipinski definition) is 3. The van der Waals surface area contributed by atoms with Crippen molar-refractivity contribution in [1.82, 2.24) is 0 Å². The third-order valence-electron chi connectivity index (χ3n) is 2.10. The maximum Gasteiger partial charge on any atom is 0.282 e. The van der Waals surface area contributed by atoms with E-state index >= 15 is 0 Å². The van der Waals surface area contributed by atoms with Crippen molar-refractivity contribution >= 4 is 6.02 Å². The zero-order valence-corrected chi connectivity index (χ0v) is 7.21. The van der Waals surface area contributed by atoms with Crippen LogP contribution in [-0.2, 0) is 4.74 Å². The summed E-state index contributed by atoms with van der Waals surface area (Å²) in [6.45, 7) is 5.05. The average molecular weight is 156 g/mol. The van der Waals surface area contributed by atoms with E-state index in [2.05, 4.69) is 18.8 Å². The van der Waals surface area contributed by atoms with Crippen LogP contribution >= 0.6 is 0 Å². The van der Waals surface area contributed by atoms with Crippen LogP contribution in [0.5, 0.6) is 0 Å². The van der Waals surface area contributed by atoms with Gasteiger partial charge in [0.2, 0.25) is 0 Å². The van der Waals surface area contributed by atoms with Crippen LogP contribution in [0.2, 0.25) is 0 Å². The van der Waals surface area contributed by atoms with Crippen molar-refractivity contribution in [2.75, 3.05) is 6.61 Å². The first kappa shape index (κ1) is 8.37. The van der Waals surface area contributed by atoms with Gasteiger partial charge in [-0.2, -0.15) is 0 Å². The van der Waals surface area contributed by atoms with E-state index in [0.29, 0.717) is 24.6 Å². The quantitative estimate of drug-likeness (QED) is 0.666. The number of hydrogen-bond donors (Lipinski definition) is 1. The summed E-state index contributed by atoms with van der Waals surface area (Å²) in [5.41, 5.74) is 5.39. The van der Waals surface area contributed by atoms with E-state index in [-0.39, 0.29) is 0 Å². The largest absolute Gasteiger partial charge is 0.463 e. The van der Waals surface area contributed by atoms with E-state index < -0.39 is 0 Å². The summed E-state index contributed by atoms with van der Waals surface area (Å²) in [6, 6.07) is 0.660. The molecule has 0 aromatic rings. The molecule has 0 spiro atoms. The van der Waals surface area contributed by atoms with Crippen LogP contribution in [0.15, 0.2) is 4.99 Å². The summed E-state index contributed by atoms with van der Waals surface area (Å²) in [5.74, 6) is 0.598. The Hall–Kier alpha value is -0.730. The van der Waals surface area contributed by atoms with E-state index in [1.54, 1.807) is 0 Å². The molecule has 11 heavy (non-hydrogen) atoms. The van der Waals surface area contributed by atoms with Crippen LogP contribution in [0.3, 0.4) is 0 Å². The van der Waals surface area contributed by atoms with Gasteiger partial charge in [-0.05, 0) is 12.3 Å². The van der Waals surface area contributed by atoms with Gasteiger partial charge < -0.3 is 10.5 Å². The summed E-state index contributed by atoms with van der Waals surface area (Å²) in [6.07, 6.45) is 2.40. The van der Waals surface area contributed by atoms with Gasteiger partial charge in [0, 0.05) is 0 Å². The van der Waals surface area contributed by atoms with Gasteiger partial charge in [-0.3, -0.25) is 0 Å². The summed E-state index contributed by atoms with van der Waals surface area (Å²) in [4.78, 5) is 4.18. The zero-order chi connectivity index (χ0) is 8.27. The first-order valence-corrected chi connectivity index (χ1v) is 4.20. The van der Waals surface area contributed by atoms with Gasteiger partial charge in [-0.25, -0.2) is 4.99 Å². The van der Waals surface area contributed by atoms with Crippen molar-refractivity contribution < 1.29 is 4.74 Å². The zero-order valence-electron chi connectivity index (χ0n) is 7.21. The van der Waals surface area contributed by atoms with E-state index in [1.807, 2.05) is 0 Å². The lowest BCUT2D eigenvalue weighted by Crippen LogP contribution is -2.16. The third kappa shape index (κ3) is 2.10. The smallest absolute Gasteiger partial charge is 0.282 e. The lowest BCUT2D eigenvalue weighted by molar-refractivity contribution is 0.276. The first-order valence-electron chi connectivity index (χ1n) is 4.20. The molecular weight excluding hydrogens is 140 g/mol. The molecule has 0 amide bonds. The lowest BCUT2D eigenvalue weighted by Gasteiger charge is -2.12. The van der Waals surface area contributed by atoms with Gasteiger partial charge in [-0.15, -0.1) is 0 Å². The second-order valence-corrected chi connectivity index (χ2v) is 3.11. The Labute approximate surface area is 67.6 Å². The molecule has 1 heterocycles. The summed E-state index contributed by atoms with van der Waals surface area (Å²) in [7, 11) is 0. The molecule has 0 radical (unpaired) electrons. The van der Waals surface area contributed by atoms with Crippen molar-refractivity contribution in [2.45, 2.75) is 32.7 Å². The second-order valence-electron chi connectivity index (χ2n) is 3.11. The lowest BCUT2D eigenvalue weighted by atomic mass is 9.98. The van der Waals surface area contributed by atoms with Crippen molar-refractivity contribution in [2.24, 2.45) is 16.6 Å². The van der Waals surface area contributed by atoms with Gasteiger partial charge in [0.1, 0.15) is 6.61 Å². The number of nitrogens with zero attached hydrogens (tertiary/aromatic N) is 1. The molecule has 1 aliphatic rings. The molecule has 0 saturated heterocycles. The number of amidine groups is 1. The van der Waals surface area contributed by atoms with Crippen molar-refractivity contribution in [1.29, 1.82) is 0 Å². The van der Waals surface area contributed by atoms with Crippen LogP contribution in [0.25, 0.3) is 0 Å². The van der Waals surface area contributed by atoms with Crippen molar-refractivity contribution in [3.8, 4) is 0 Å². The maximum atomic E-state index is 5.39. The molecule has 3 nitrogen and oxygen atoms in total. The molecule has 64 valence electrons. The van der Waals surface area contributed by atoms with E-state index in [0.717, 1.165) is 0 Å². The Balaban J connectivity index is 2.36. The molecule has 0 aromatic carbocycles. The minimum Gasteiger partial charge on any atom is -0.463 e. The fourth-order valence-electron chi connectivity index (χ4n) is 1.35. The average Bonchev–Trinajstić information content (AvgIpc) is 2.36. The molecule has 0 aromatic heterocycles. The molecule has 2 atom stereocenters. The third-order valence-corrected chi connectivity index (χ3v) is 2.10. The summed E-state index contributed by atoms with van der Waals surface area (Å²) < 4.78 is 5.06. The molecule has 1 rings (SSSR count). The van der Waals surface area contributed by atoms with Crippen LogP contribution < -0.4 is 5.73 Å². The normalized spacial score (nSPS) is 26.0. The van der Waals surface area contributed by atoms with E-state index in [1.165, 1.54) is 12.8 Å². The highest BCUT2D eigenvalue weighted by atomic mass is 16.5. The Bertz CT molecular complexity index is 156.